The Morgan fingerprint density at radius 2 is 1.97 bits per heavy atom. The monoisotopic (exact) mass is 582 g/mol. The van der Waals surface area contributed by atoms with Gasteiger partial charge in [0.25, 0.3) is 5.91 Å². The molecule has 5 rings (SSSR count). The number of carbonyl (C=O) groups is 4. The van der Waals surface area contributed by atoms with Crippen LogP contribution in [0.1, 0.15) is 25.1 Å². The average Bonchev–Trinajstić information content (AvgIpc) is 3.47. The zero-order valence-electron chi connectivity index (χ0n) is 19.3. The Kier molecular flexibility index (Phi) is 8.29. The van der Waals surface area contributed by atoms with E-state index in [4.69, 9.17) is 0 Å². The second-order valence-electron chi connectivity index (χ2n) is 8.91. The molecule has 2 saturated heterocycles. The summed E-state index contributed by atoms with van der Waals surface area (Å²) in [5.41, 5.74) is 1.60. The molecule has 0 spiro atoms. The quantitative estimate of drug-likeness (QED) is 0.178. The van der Waals surface area contributed by atoms with Crippen LogP contribution in [-0.4, -0.2) is 107 Å². The summed E-state index contributed by atoms with van der Waals surface area (Å²) in [4.78, 5) is 51.2. The molecule has 3 fully saturated rings. The Morgan fingerprint density at radius 3 is 2.53 bits per heavy atom. The number of aliphatic carboxylic acids is 1. The Hall–Kier alpha value is -2.01. The Labute approximate surface area is 244 Å². The van der Waals surface area contributed by atoms with Crippen LogP contribution in [0.3, 0.4) is 0 Å². The van der Waals surface area contributed by atoms with Crippen molar-refractivity contribution in [3.8, 4) is 0 Å². The van der Waals surface area contributed by atoms with Crippen LogP contribution in [0.4, 0.5) is 13.2 Å². The summed E-state index contributed by atoms with van der Waals surface area (Å²) in [5.74, 6) is -3.87. The predicted molar refractivity (Wildman–Crippen MR) is 131 cm³/mol. The van der Waals surface area contributed by atoms with Crippen LogP contribution >= 0.6 is 23.5 Å². The van der Waals surface area contributed by atoms with Gasteiger partial charge in [0, 0.05) is 24.9 Å². The molecule has 4 heterocycles. The maximum absolute atomic E-state index is 13.0. The van der Waals surface area contributed by atoms with Gasteiger partial charge >= 0.3 is 41.7 Å². The number of aromatic nitrogens is 3. The summed E-state index contributed by atoms with van der Waals surface area (Å²) >= 11 is 2.03. The number of halogens is 3. The fraction of sp³-hybridized carbons (Fsp3) is 0.524. The molecular formula is C21H22F3N6NaO5S2. The number of carboxylic acid groups (broad SMARTS) is 1. The average molecular weight is 583 g/mol. The van der Waals surface area contributed by atoms with E-state index in [1.165, 1.54) is 11.8 Å². The van der Waals surface area contributed by atoms with Crippen LogP contribution in [0.5, 0.6) is 0 Å². The number of thioether (sulfide) groups is 2. The number of β-lactam (4-membered cyclic amide) rings is 1. The number of amides is 3. The van der Waals surface area contributed by atoms with E-state index >= 15 is 0 Å². The van der Waals surface area contributed by atoms with Gasteiger partial charge in [-0.2, -0.15) is 13.2 Å². The van der Waals surface area contributed by atoms with Crippen molar-refractivity contribution in [3.05, 3.63) is 28.2 Å². The summed E-state index contributed by atoms with van der Waals surface area (Å²) in [6.45, 7) is 0.483. The number of hydrogen-bond acceptors (Lipinski definition) is 8. The fourth-order valence-corrected chi connectivity index (χ4v) is 6.77. The number of alkyl halides is 3. The summed E-state index contributed by atoms with van der Waals surface area (Å²) in [6, 6.07) is -0.981. The zero-order valence-corrected chi connectivity index (χ0v) is 20.9. The van der Waals surface area contributed by atoms with E-state index in [9.17, 15) is 37.5 Å². The number of carboxylic acids is 1. The Morgan fingerprint density at radius 1 is 1.26 bits per heavy atom. The van der Waals surface area contributed by atoms with E-state index in [0.717, 1.165) is 46.7 Å². The normalized spacial score (nSPS) is 24.4. The second kappa shape index (κ2) is 10.9. The second-order valence-corrected chi connectivity index (χ2v) is 11.0. The third kappa shape index (κ3) is 5.24. The molecule has 0 radical (unpaired) electrons. The molecule has 1 saturated carbocycles. The molecule has 0 aromatic carbocycles. The Balaban J connectivity index is 0.00000336. The molecule has 1 aliphatic carbocycles. The summed E-state index contributed by atoms with van der Waals surface area (Å²) in [6.07, 6.45) is -2.50. The number of fused-ring (bicyclic) bond motifs is 1. The van der Waals surface area contributed by atoms with Crippen LogP contribution in [0.25, 0.3) is 0 Å². The van der Waals surface area contributed by atoms with Gasteiger partial charge in [-0.25, -0.2) is 4.79 Å². The van der Waals surface area contributed by atoms with Gasteiger partial charge in [0.15, 0.2) is 5.16 Å². The molecule has 1 aromatic heterocycles. The van der Waals surface area contributed by atoms with Crippen molar-refractivity contribution in [3.63, 3.8) is 0 Å². The SMILES string of the molecule is Cn1c(SCC(=O)N[C@@H]2C(=O)N3C(C(=O)O)=C(C(=C4CCNC4=O)C4CC4)CS[C@H]23)nnc1C(F)(F)F.[NaH]. The molecule has 2 atom stereocenters. The number of carbonyl (C=O) groups excluding carboxylic acids is 3. The fourth-order valence-electron chi connectivity index (χ4n) is 4.68. The molecule has 38 heavy (non-hydrogen) atoms. The topological polar surface area (TPSA) is 147 Å². The molecule has 200 valence electrons. The van der Waals surface area contributed by atoms with Crippen molar-refractivity contribution in [1.29, 1.82) is 0 Å². The first kappa shape index (κ1) is 29.0. The summed E-state index contributed by atoms with van der Waals surface area (Å²) < 4.78 is 39.4. The van der Waals surface area contributed by atoms with E-state index in [-0.39, 0.29) is 63.7 Å². The standard InChI is InChI=1S/C21H21F3N6O5S2.Na.H/c1-29-19(21(22,23)24)27-28-20(29)37-7-11(31)26-13-16(33)30-14(18(34)35)10(6-36-17(13)30)12(8-2-3-8)9-4-5-25-15(9)32;;/h8,13,17H,2-7H2,1H3,(H,25,32)(H,26,31)(H,34,35);;/t13-,17-;;/m1../s1. The van der Waals surface area contributed by atoms with Gasteiger partial charge in [-0.15, -0.1) is 22.0 Å². The zero-order chi connectivity index (χ0) is 26.6. The van der Waals surface area contributed by atoms with Crippen molar-refractivity contribution in [2.75, 3.05) is 18.1 Å². The predicted octanol–water partition coefficient (Wildman–Crippen LogP) is 0.243. The van der Waals surface area contributed by atoms with Crippen LogP contribution in [-0.2, 0) is 32.4 Å². The van der Waals surface area contributed by atoms with Gasteiger partial charge in [-0.05, 0) is 36.3 Å². The summed E-state index contributed by atoms with van der Waals surface area (Å²) in [7, 11) is 1.13. The molecule has 0 unspecified atom stereocenters. The number of nitrogens with zero attached hydrogens (tertiary/aromatic N) is 4. The molecule has 3 aliphatic heterocycles. The van der Waals surface area contributed by atoms with Gasteiger partial charge < -0.3 is 20.3 Å². The van der Waals surface area contributed by atoms with Crippen LogP contribution < -0.4 is 10.6 Å². The van der Waals surface area contributed by atoms with Gasteiger partial charge in [0.05, 0.1) is 5.75 Å². The number of allylic oxidation sites excluding steroid dienone is 1. The van der Waals surface area contributed by atoms with Crippen LogP contribution in [0.15, 0.2) is 27.6 Å². The van der Waals surface area contributed by atoms with Crippen molar-refractivity contribution in [1.82, 2.24) is 30.3 Å². The third-order valence-corrected chi connectivity index (χ3v) is 8.78. The molecule has 1 aromatic rings. The molecule has 17 heteroatoms. The number of nitrogens with one attached hydrogen (secondary N) is 2. The van der Waals surface area contributed by atoms with Crippen LogP contribution in [0, 0.1) is 5.92 Å². The van der Waals surface area contributed by atoms with E-state index in [2.05, 4.69) is 20.8 Å². The first-order valence-electron chi connectivity index (χ1n) is 11.3. The van der Waals surface area contributed by atoms with Gasteiger partial charge in [-0.1, -0.05) is 11.8 Å². The molecular weight excluding hydrogens is 560 g/mol. The number of rotatable bonds is 7. The maximum atomic E-state index is 13.0. The van der Waals surface area contributed by atoms with Gasteiger partial charge in [0.1, 0.15) is 17.1 Å². The van der Waals surface area contributed by atoms with E-state index in [0.29, 0.717) is 24.1 Å². The van der Waals surface area contributed by atoms with Gasteiger partial charge in [0.2, 0.25) is 17.6 Å². The van der Waals surface area contributed by atoms with Crippen molar-refractivity contribution in [2.24, 2.45) is 13.0 Å². The molecule has 3 amide bonds. The first-order chi connectivity index (χ1) is 17.5. The molecule has 3 N–H and O–H groups in total. The van der Waals surface area contributed by atoms with Crippen molar-refractivity contribution in [2.45, 2.75) is 42.0 Å². The minimum atomic E-state index is -4.69. The minimum absolute atomic E-state index is 0. The Bertz CT molecular complexity index is 1280. The van der Waals surface area contributed by atoms with Crippen molar-refractivity contribution < 1.29 is 37.5 Å². The van der Waals surface area contributed by atoms with E-state index in [1.807, 2.05) is 0 Å². The third-order valence-electron chi connectivity index (χ3n) is 6.48. The van der Waals surface area contributed by atoms with Gasteiger partial charge in [-0.3, -0.25) is 19.3 Å². The molecule has 4 aliphatic rings. The summed E-state index contributed by atoms with van der Waals surface area (Å²) in [5, 5.41) is 21.1. The number of hydrogen-bond donors (Lipinski definition) is 3. The van der Waals surface area contributed by atoms with Crippen molar-refractivity contribution >= 4 is 76.8 Å². The molecule has 11 nitrogen and oxygen atoms in total. The van der Waals surface area contributed by atoms with E-state index < -0.39 is 41.2 Å². The molecule has 0 bridgehead atoms. The first-order valence-corrected chi connectivity index (χ1v) is 13.3. The van der Waals surface area contributed by atoms with E-state index in [1.54, 1.807) is 0 Å². The van der Waals surface area contributed by atoms with Crippen LogP contribution in [0.2, 0.25) is 0 Å².